The summed E-state index contributed by atoms with van der Waals surface area (Å²) < 4.78 is 12.9. The molecule has 0 unspecified atom stereocenters. The fraction of sp³-hybridized carbons (Fsp3) is 0.125. The summed E-state index contributed by atoms with van der Waals surface area (Å²) in [5.41, 5.74) is 2.30. The molecule has 4 nitrogen and oxygen atoms in total. The van der Waals surface area contributed by atoms with Crippen LogP contribution in [0.3, 0.4) is 0 Å². The van der Waals surface area contributed by atoms with E-state index in [2.05, 4.69) is 5.32 Å². The van der Waals surface area contributed by atoms with Gasteiger partial charge in [-0.1, -0.05) is 18.2 Å². The molecule has 13 heavy (non-hydrogen) atoms. The van der Waals surface area contributed by atoms with Gasteiger partial charge >= 0.3 is 6.03 Å². The second-order valence-electron chi connectivity index (χ2n) is 2.42. The maximum Gasteiger partial charge on any atom is 0.329 e. The normalized spacial score (nSPS) is 9.38. The molecule has 2 amide bonds. The SMILES string of the molecule is NNC(=O)NCc1ccccc1F. The number of nitrogens with one attached hydrogen (secondary N) is 2. The molecule has 0 radical (unpaired) electrons. The Bertz CT molecular complexity index is 303. The number of urea groups is 1. The summed E-state index contributed by atoms with van der Waals surface area (Å²) in [5, 5.41) is 2.37. The van der Waals surface area contributed by atoms with E-state index in [4.69, 9.17) is 5.84 Å². The lowest BCUT2D eigenvalue weighted by Gasteiger charge is -2.04. The quantitative estimate of drug-likeness (QED) is 0.355. The molecule has 0 spiro atoms. The second-order valence-corrected chi connectivity index (χ2v) is 2.42. The molecule has 4 N–H and O–H groups in total. The van der Waals surface area contributed by atoms with Crippen LogP contribution in [0, 0.1) is 5.82 Å². The highest BCUT2D eigenvalue weighted by molar-refractivity contribution is 5.72. The van der Waals surface area contributed by atoms with Gasteiger partial charge in [0.15, 0.2) is 0 Å². The van der Waals surface area contributed by atoms with Crippen molar-refractivity contribution in [3.8, 4) is 0 Å². The first kappa shape index (κ1) is 9.47. The van der Waals surface area contributed by atoms with Gasteiger partial charge in [-0.25, -0.2) is 15.0 Å². The molecule has 0 atom stereocenters. The highest BCUT2D eigenvalue weighted by Gasteiger charge is 2.01. The van der Waals surface area contributed by atoms with Crippen molar-refractivity contribution in [2.75, 3.05) is 0 Å². The third kappa shape index (κ3) is 2.72. The van der Waals surface area contributed by atoms with E-state index in [-0.39, 0.29) is 12.4 Å². The zero-order chi connectivity index (χ0) is 9.68. The van der Waals surface area contributed by atoms with Gasteiger partial charge in [0.25, 0.3) is 0 Å². The van der Waals surface area contributed by atoms with Gasteiger partial charge in [-0.3, -0.25) is 5.43 Å². The number of rotatable bonds is 2. The highest BCUT2D eigenvalue weighted by atomic mass is 19.1. The molecule has 0 aliphatic heterocycles. The lowest BCUT2D eigenvalue weighted by molar-refractivity contribution is 0.240. The predicted octanol–water partition coefficient (Wildman–Crippen LogP) is 0.499. The van der Waals surface area contributed by atoms with Crippen LogP contribution in [0.5, 0.6) is 0 Å². The zero-order valence-electron chi connectivity index (χ0n) is 6.88. The molecule has 0 saturated heterocycles. The summed E-state index contributed by atoms with van der Waals surface area (Å²) in [7, 11) is 0. The minimum Gasteiger partial charge on any atom is -0.333 e. The number of hydrogen-bond donors (Lipinski definition) is 3. The van der Waals surface area contributed by atoms with Crippen molar-refractivity contribution in [3.05, 3.63) is 35.6 Å². The minimum atomic E-state index is -0.539. The van der Waals surface area contributed by atoms with Crippen molar-refractivity contribution in [3.63, 3.8) is 0 Å². The fourth-order valence-corrected chi connectivity index (χ4v) is 0.868. The summed E-state index contributed by atoms with van der Waals surface area (Å²) in [6.07, 6.45) is 0. The van der Waals surface area contributed by atoms with Crippen LogP contribution in [0.2, 0.25) is 0 Å². The first-order valence-electron chi connectivity index (χ1n) is 3.72. The van der Waals surface area contributed by atoms with Crippen LogP contribution in [-0.4, -0.2) is 6.03 Å². The highest BCUT2D eigenvalue weighted by Crippen LogP contribution is 2.04. The molecule has 0 bridgehead atoms. The van der Waals surface area contributed by atoms with Crippen molar-refractivity contribution in [1.82, 2.24) is 10.7 Å². The number of carbonyl (C=O) groups excluding carboxylic acids is 1. The van der Waals surface area contributed by atoms with Crippen LogP contribution < -0.4 is 16.6 Å². The molecule has 70 valence electrons. The van der Waals surface area contributed by atoms with Gasteiger partial charge in [-0.15, -0.1) is 0 Å². The minimum absolute atomic E-state index is 0.121. The van der Waals surface area contributed by atoms with E-state index in [0.717, 1.165) is 0 Å². The summed E-state index contributed by atoms with van der Waals surface area (Å²) in [6.45, 7) is 0.121. The smallest absolute Gasteiger partial charge is 0.329 e. The van der Waals surface area contributed by atoms with Gasteiger partial charge in [-0.05, 0) is 6.07 Å². The van der Waals surface area contributed by atoms with E-state index in [1.807, 2.05) is 5.43 Å². The number of nitrogens with two attached hydrogens (primary N) is 1. The van der Waals surface area contributed by atoms with Gasteiger partial charge in [0, 0.05) is 12.1 Å². The lowest BCUT2D eigenvalue weighted by Crippen LogP contribution is -2.39. The Labute approximate surface area is 74.9 Å². The topological polar surface area (TPSA) is 67.1 Å². The molecular formula is C8H10FN3O. The Kier molecular flexibility index (Phi) is 3.22. The Morgan fingerprint density at radius 3 is 2.77 bits per heavy atom. The average Bonchev–Trinajstić information content (AvgIpc) is 2.16. The van der Waals surface area contributed by atoms with Gasteiger partial charge < -0.3 is 5.32 Å². The third-order valence-electron chi connectivity index (χ3n) is 1.53. The number of amides is 2. The van der Waals surface area contributed by atoms with Crippen LogP contribution in [0.15, 0.2) is 24.3 Å². The maximum absolute atomic E-state index is 12.9. The van der Waals surface area contributed by atoms with Crippen molar-refractivity contribution < 1.29 is 9.18 Å². The van der Waals surface area contributed by atoms with Crippen LogP contribution in [0.4, 0.5) is 9.18 Å². The van der Waals surface area contributed by atoms with Crippen molar-refractivity contribution in [2.45, 2.75) is 6.54 Å². The molecule has 0 aliphatic carbocycles. The second kappa shape index (κ2) is 4.42. The Morgan fingerprint density at radius 2 is 2.15 bits per heavy atom. The molecule has 5 heteroatoms. The van der Waals surface area contributed by atoms with Crippen LogP contribution in [-0.2, 0) is 6.54 Å². The molecular weight excluding hydrogens is 173 g/mol. The van der Waals surface area contributed by atoms with E-state index in [0.29, 0.717) is 5.56 Å². The Morgan fingerprint density at radius 1 is 1.46 bits per heavy atom. The molecule has 0 heterocycles. The third-order valence-corrected chi connectivity index (χ3v) is 1.53. The van der Waals surface area contributed by atoms with Crippen molar-refractivity contribution >= 4 is 6.03 Å². The molecule has 0 aromatic heterocycles. The number of hydrogen-bond acceptors (Lipinski definition) is 2. The molecule has 0 fully saturated rings. The molecule has 1 aromatic carbocycles. The average molecular weight is 183 g/mol. The lowest BCUT2D eigenvalue weighted by atomic mass is 10.2. The number of carbonyl (C=O) groups is 1. The van der Waals surface area contributed by atoms with Gasteiger partial charge in [0.1, 0.15) is 5.82 Å². The molecule has 0 aliphatic rings. The maximum atomic E-state index is 12.9. The molecule has 0 saturated carbocycles. The summed E-state index contributed by atoms with van der Waals surface area (Å²) >= 11 is 0. The number of benzene rings is 1. The van der Waals surface area contributed by atoms with E-state index in [1.54, 1.807) is 18.2 Å². The standard InChI is InChI=1S/C8H10FN3O/c9-7-4-2-1-3-6(7)5-11-8(13)12-10/h1-4H,5,10H2,(H2,11,12,13). The van der Waals surface area contributed by atoms with Crippen LogP contribution in [0.1, 0.15) is 5.56 Å². The van der Waals surface area contributed by atoms with Gasteiger partial charge in [0.2, 0.25) is 0 Å². The van der Waals surface area contributed by atoms with E-state index in [1.165, 1.54) is 6.07 Å². The van der Waals surface area contributed by atoms with Gasteiger partial charge in [-0.2, -0.15) is 0 Å². The largest absolute Gasteiger partial charge is 0.333 e. The van der Waals surface area contributed by atoms with Crippen molar-refractivity contribution in [2.24, 2.45) is 5.84 Å². The van der Waals surface area contributed by atoms with E-state index < -0.39 is 6.03 Å². The van der Waals surface area contributed by atoms with Crippen LogP contribution >= 0.6 is 0 Å². The first-order valence-corrected chi connectivity index (χ1v) is 3.72. The number of hydrazine groups is 1. The fourth-order valence-electron chi connectivity index (χ4n) is 0.868. The zero-order valence-corrected chi connectivity index (χ0v) is 6.88. The predicted molar refractivity (Wildman–Crippen MR) is 46.0 cm³/mol. The monoisotopic (exact) mass is 183 g/mol. The summed E-state index contributed by atoms with van der Waals surface area (Å²) in [5.74, 6) is 4.47. The van der Waals surface area contributed by atoms with E-state index >= 15 is 0 Å². The van der Waals surface area contributed by atoms with Crippen LogP contribution in [0.25, 0.3) is 0 Å². The Hall–Kier alpha value is -1.62. The summed E-state index contributed by atoms with van der Waals surface area (Å²) in [6, 6.07) is 5.66. The van der Waals surface area contributed by atoms with Gasteiger partial charge in [0.05, 0.1) is 0 Å². The summed E-state index contributed by atoms with van der Waals surface area (Å²) in [4.78, 5) is 10.6. The molecule has 1 rings (SSSR count). The Balaban J connectivity index is 2.54. The first-order chi connectivity index (χ1) is 6.24. The van der Waals surface area contributed by atoms with Crippen molar-refractivity contribution in [1.29, 1.82) is 0 Å². The number of halogens is 1. The molecule has 1 aromatic rings. The van der Waals surface area contributed by atoms with E-state index in [9.17, 15) is 9.18 Å².